The number of aryl methyl sites for hydroxylation is 2. The van der Waals surface area contributed by atoms with Gasteiger partial charge in [0.05, 0.1) is 5.39 Å². The number of rotatable bonds is 5. The quantitative estimate of drug-likeness (QED) is 0.747. The summed E-state index contributed by atoms with van der Waals surface area (Å²) in [7, 11) is 0. The van der Waals surface area contributed by atoms with Gasteiger partial charge in [-0.1, -0.05) is 36.8 Å². The number of thiophene rings is 1. The van der Waals surface area contributed by atoms with E-state index in [0.717, 1.165) is 41.2 Å². The molecule has 2 aromatic heterocycles. The van der Waals surface area contributed by atoms with Gasteiger partial charge in [-0.3, -0.25) is 4.79 Å². The number of nitrogens with one attached hydrogen (secondary N) is 1. The van der Waals surface area contributed by atoms with Crippen LogP contribution >= 0.6 is 11.3 Å². The van der Waals surface area contributed by atoms with Crippen molar-refractivity contribution in [3.63, 3.8) is 0 Å². The number of likely N-dealkylation sites (tertiary alicyclic amines) is 1. The molecule has 1 aliphatic rings. The van der Waals surface area contributed by atoms with Crippen molar-refractivity contribution in [2.24, 2.45) is 0 Å². The highest BCUT2D eigenvalue weighted by Crippen LogP contribution is 2.27. The van der Waals surface area contributed by atoms with Gasteiger partial charge in [-0.05, 0) is 30.4 Å². The van der Waals surface area contributed by atoms with Crippen LogP contribution in [0.15, 0.2) is 35.7 Å². The number of carbonyl (C=O) groups is 1. The summed E-state index contributed by atoms with van der Waals surface area (Å²) in [6.07, 6.45) is 1.57. The Labute approximate surface area is 157 Å². The number of anilines is 1. The van der Waals surface area contributed by atoms with Crippen LogP contribution in [-0.4, -0.2) is 33.4 Å². The number of carbonyl (C=O) groups excluding carboxylic acids is 1. The van der Waals surface area contributed by atoms with Gasteiger partial charge in [-0.2, -0.15) is 0 Å². The fourth-order valence-corrected chi connectivity index (χ4v) is 4.06. The maximum atomic E-state index is 12.8. The third-order valence-electron chi connectivity index (χ3n) is 4.79. The molecule has 1 atom stereocenters. The van der Waals surface area contributed by atoms with Crippen molar-refractivity contribution in [3.8, 4) is 0 Å². The number of nitrogens with zero attached hydrogens (tertiary/aromatic N) is 3. The van der Waals surface area contributed by atoms with Crippen molar-refractivity contribution in [2.45, 2.75) is 39.3 Å². The van der Waals surface area contributed by atoms with Gasteiger partial charge in [0.1, 0.15) is 22.5 Å². The summed E-state index contributed by atoms with van der Waals surface area (Å²) in [4.78, 5) is 24.9. The molecule has 1 unspecified atom stereocenters. The Balaban J connectivity index is 1.50. The lowest BCUT2D eigenvalue weighted by Crippen LogP contribution is -2.33. The van der Waals surface area contributed by atoms with Crippen LogP contribution in [0.1, 0.15) is 30.3 Å². The molecule has 0 bridgehead atoms. The maximum absolute atomic E-state index is 12.8. The minimum Gasteiger partial charge on any atom is -0.358 e. The molecule has 1 saturated heterocycles. The first-order valence-corrected chi connectivity index (χ1v) is 9.87. The van der Waals surface area contributed by atoms with Crippen LogP contribution in [0.3, 0.4) is 0 Å². The minimum atomic E-state index is -0.219. The predicted molar refractivity (Wildman–Crippen MR) is 105 cm³/mol. The van der Waals surface area contributed by atoms with Crippen molar-refractivity contribution in [1.29, 1.82) is 0 Å². The molecule has 6 heteroatoms. The Morgan fingerprint density at radius 3 is 2.81 bits per heavy atom. The van der Waals surface area contributed by atoms with Gasteiger partial charge in [0.25, 0.3) is 0 Å². The number of hydrogen-bond donors (Lipinski definition) is 1. The van der Waals surface area contributed by atoms with Crippen LogP contribution in [-0.2, 0) is 17.8 Å². The SMILES string of the molecule is CCc1nc(NC2CCN(Cc3ccc(C)cc3)C2=O)c2ccsc2n1. The zero-order chi connectivity index (χ0) is 18.1. The van der Waals surface area contributed by atoms with Gasteiger partial charge in [0.2, 0.25) is 5.91 Å². The second kappa shape index (κ2) is 7.03. The zero-order valence-electron chi connectivity index (χ0n) is 15.0. The van der Waals surface area contributed by atoms with Crippen molar-refractivity contribution in [3.05, 3.63) is 52.7 Å². The van der Waals surface area contributed by atoms with E-state index in [1.165, 1.54) is 11.1 Å². The van der Waals surface area contributed by atoms with Gasteiger partial charge in [-0.25, -0.2) is 9.97 Å². The average Bonchev–Trinajstić information content (AvgIpc) is 3.25. The van der Waals surface area contributed by atoms with E-state index in [2.05, 4.69) is 46.5 Å². The van der Waals surface area contributed by atoms with E-state index < -0.39 is 0 Å². The summed E-state index contributed by atoms with van der Waals surface area (Å²) < 4.78 is 0. The van der Waals surface area contributed by atoms with E-state index in [9.17, 15) is 4.79 Å². The van der Waals surface area contributed by atoms with Crippen molar-refractivity contribution in [2.75, 3.05) is 11.9 Å². The molecule has 5 nitrogen and oxygen atoms in total. The Bertz CT molecular complexity index is 935. The zero-order valence-corrected chi connectivity index (χ0v) is 15.8. The Morgan fingerprint density at radius 2 is 2.04 bits per heavy atom. The van der Waals surface area contributed by atoms with Crippen LogP contribution in [0.25, 0.3) is 10.2 Å². The largest absolute Gasteiger partial charge is 0.358 e. The van der Waals surface area contributed by atoms with Gasteiger partial charge < -0.3 is 10.2 Å². The average molecular weight is 366 g/mol. The lowest BCUT2D eigenvalue weighted by atomic mass is 10.1. The summed E-state index contributed by atoms with van der Waals surface area (Å²) in [6, 6.07) is 10.2. The molecule has 3 heterocycles. The molecule has 0 spiro atoms. The summed E-state index contributed by atoms with van der Waals surface area (Å²) in [5.74, 6) is 1.73. The second-order valence-corrected chi connectivity index (χ2v) is 7.61. The molecule has 1 aromatic carbocycles. The van der Waals surface area contributed by atoms with Crippen LogP contribution < -0.4 is 5.32 Å². The first-order valence-electron chi connectivity index (χ1n) is 8.99. The Hall–Kier alpha value is -2.47. The maximum Gasteiger partial charge on any atom is 0.245 e. The molecule has 0 radical (unpaired) electrons. The molecule has 0 aliphatic carbocycles. The highest BCUT2D eigenvalue weighted by Gasteiger charge is 2.32. The van der Waals surface area contributed by atoms with Crippen LogP contribution in [0.4, 0.5) is 5.82 Å². The highest BCUT2D eigenvalue weighted by atomic mass is 32.1. The van der Waals surface area contributed by atoms with E-state index in [1.54, 1.807) is 11.3 Å². The van der Waals surface area contributed by atoms with E-state index in [-0.39, 0.29) is 11.9 Å². The minimum absolute atomic E-state index is 0.144. The predicted octanol–water partition coefficient (Wildman–Crippen LogP) is 3.78. The number of hydrogen-bond acceptors (Lipinski definition) is 5. The molecular weight excluding hydrogens is 344 g/mol. The summed E-state index contributed by atoms with van der Waals surface area (Å²) in [5.41, 5.74) is 2.40. The summed E-state index contributed by atoms with van der Waals surface area (Å²) >= 11 is 1.61. The number of fused-ring (bicyclic) bond motifs is 1. The number of amides is 1. The topological polar surface area (TPSA) is 58.1 Å². The van der Waals surface area contributed by atoms with Gasteiger partial charge in [-0.15, -0.1) is 11.3 Å². The Kier molecular flexibility index (Phi) is 4.59. The number of aromatic nitrogens is 2. The fourth-order valence-electron chi connectivity index (χ4n) is 3.28. The van der Waals surface area contributed by atoms with E-state index in [1.807, 2.05) is 23.3 Å². The van der Waals surface area contributed by atoms with Gasteiger partial charge >= 0.3 is 0 Å². The molecule has 3 aromatic rings. The first-order chi connectivity index (χ1) is 12.6. The first kappa shape index (κ1) is 17.0. The molecule has 26 heavy (non-hydrogen) atoms. The molecule has 1 aliphatic heterocycles. The van der Waals surface area contributed by atoms with Crippen molar-refractivity contribution in [1.82, 2.24) is 14.9 Å². The monoisotopic (exact) mass is 366 g/mol. The summed E-state index contributed by atoms with van der Waals surface area (Å²) in [6.45, 7) is 5.54. The van der Waals surface area contributed by atoms with E-state index in [4.69, 9.17) is 0 Å². The molecular formula is C20H22N4OS. The third-order valence-corrected chi connectivity index (χ3v) is 5.60. The fraction of sp³-hybridized carbons (Fsp3) is 0.350. The van der Waals surface area contributed by atoms with Crippen LogP contribution in [0.5, 0.6) is 0 Å². The van der Waals surface area contributed by atoms with Crippen LogP contribution in [0.2, 0.25) is 0 Å². The van der Waals surface area contributed by atoms with Crippen molar-refractivity contribution >= 4 is 33.3 Å². The third kappa shape index (κ3) is 3.29. The second-order valence-electron chi connectivity index (χ2n) is 6.71. The van der Waals surface area contributed by atoms with E-state index in [0.29, 0.717) is 6.54 Å². The number of benzene rings is 1. The van der Waals surface area contributed by atoms with Crippen LogP contribution in [0, 0.1) is 6.92 Å². The van der Waals surface area contributed by atoms with Crippen molar-refractivity contribution < 1.29 is 4.79 Å². The van der Waals surface area contributed by atoms with E-state index >= 15 is 0 Å². The van der Waals surface area contributed by atoms with Gasteiger partial charge in [0, 0.05) is 19.5 Å². The van der Waals surface area contributed by atoms with Gasteiger partial charge in [0.15, 0.2) is 0 Å². The lowest BCUT2D eigenvalue weighted by Gasteiger charge is -2.18. The lowest BCUT2D eigenvalue weighted by molar-refractivity contribution is -0.128. The standard InChI is InChI=1S/C20H22N4OS/c1-3-17-22-18(15-9-11-26-19(15)23-17)21-16-8-10-24(20(16)25)12-14-6-4-13(2)5-7-14/h4-7,9,11,16H,3,8,10,12H2,1-2H3,(H,21,22,23). The molecule has 1 fully saturated rings. The summed E-state index contributed by atoms with van der Waals surface area (Å²) in [5, 5.41) is 6.40. The smallest absolute Gasteiger partial charge is 0.245 e. The molecule has 1 N–H and O–H groups in total. The normalized spacial score (nSPS) is 17.2. The molecule has 0 saturated carbocycles. The Morgan fingerprint density at radius 1 is 1.23 bits per heavy atom. The molecule has 4 rings (SSSR count). The highest BCUT2D eigenvalue weighted by molar-refractivity contribution is 7.16. The molecule has 134 valence electrons. The molecule has 1 amide bonds.